The maximum Gasteiger partial charge on any atom is 0.228 e. The number of aromatic nitrogens is 6. The van der Waals surface area contributed by atoms with E-state index >= 15 is 0 Å². The largest absolute Gasteiger partial charge is 0.397 e. The lowest BCUT2D eigenvalue weighted by atomic mass is 10.0. The van der Waals surface area contributed by atoms with Crippen molar-refractivity contribution in [2.75, 3.05) is 37.6 Å². The van der Waals surface area contributed by atoms with Gasteiger partial charge in [0.1, 0.15) is 34.9 Å². The summed E-state index contributed by atoms with van der Waals surface area (Å²) in [6, 6.07) is 16.4. The van der Waals surface area contributed by atoms with Crippen LogP contribution in [0.1, 0.15) is 35.9 Å². The molecule has 6 aromatic rings. The number of likely N-dealkylation sites (tertiary alicyclic amines) is 2. The first-order chi connectivity index (χ1) is 29.0. The van der Waals surface area contributed by atoms with Crippen molar-refractivity contribution in [2.45, 2.75) is 38.5 Å². The summed E-state index contributed by atoms with van der Waals surface area (Å²) in [4.78, 5) is 54.9. The molecule has 6 heterocycles. The summed E-state index contributed by atoms with van der Waals surface area (Å²) in [5.74, 6) is -0.746. The fraction of sp³-hybridized carbons (Fsp3) is 0.273. The highest BCUT2D eigenvalue weighted by Crippen LogP contribution is 2.28. The van der Waals surface area contributed by atoms with Gasteiger partial charge in [-0.05, 0) is 85.3 Å². The molecule has 308 valence electrons. The Bertz CT molecular complexity index is 2290. The van der Waals surface area contributed by atoms with Gasteiger partial charge in [-0.1, -0.05) is 0 Å². The molecule has 2 fully saturated rings. The van der Waals surface area contributed by atoms with Crippen LogP contribution in [0, 0.1) is 35.1 Å². The first kappa shape index (κ1) is 41.3. The van der Waals surface area contributed by atoms with Gasteiger partial charge in [0.05, 0.1) is 47.0 Å². The summed E-state index contributed by atoms with van der Waals surface area (Å²) in [6.07, 6.45) is 10.1. The van der Waals surface area contributed by atoms with Crippen LogP contribution in [0.4, 0.5) is 28.9 Å². The molecule has 4 aromatic heterocycles. The maximum atomic E-state index is 14.1. The van der Waals surface area contributed by atoms with Crippen LogP contribution < -0.4 is 11.5 Å². The highest BCUT2D eigenvalue weighted by atomic mass is 19.1. The zero-order chi connectivity index (χ0) is 42.2. The van der Waals surface area contributed by atoms with Crippen LogP contribution in [0.25, 0.3) is 22.5 Å². The SMILES string of the molecule is Nc1ccc(-c2ccc(F)cc2F)nc1CC(=O)N1CC[C@@H](Cc2ncccn2)C1.Nc1ccc(-c2ccc(F)cc2F)nc1CC(=O)N1CC[C@H](Cc2ncccn2)C1. The molecule has 16 heteroatoms. The summed E-state index contributed by atoms with van der Waals surface area (Å²) in [5.41, 5.74) is 14.4. The molecule has 0 aliphatic carbocycles. The van der Waals surface area contributed by atoms with Crippen molar-refractivity contribution >= 4 is 23.2 Å². The zero-order valence-electron chi connectivity index (χ0n) is 32.5. The average molecular weight is 819 g/mol. The topological polar surface area (TPSA) is 170 Å². The van der Waals surface area contributed by atoms with Crippen molar-refractivity contribution in [3.05, 3.63) is 144 Å². The lowest BCUT2D eigenvalue weighted by molar-refractivity contribution is -0.130. The number of nitrogens with zero attached hydrogens (tertiary/aromatic N) is 8. The van der Waals surface area contributed by atoms with Gasteiger partial charge in [0, 0.05) is 87.1 Å². The fourth-order valence-corrected chi connectivity index (χ4v) is 7.35. The number of nitrogens with two attached hydrogens (primary N) is 2. The smallest absolute Gasteiger partial charge is 0.228 e. The van der Waals surface area contributed by atoms with Crippen molar-refractivity contribution < 1.29 is 27.2 Å². The van der Waals surface area contributed by atoms with Crippen molar-refractivity contribution in [3.8, 4) is 22.5 Å². The first-order valence-electron chi connectivity index (χ1n) is 19.5. The molecule has 2 atom stereocenters. The lowest BCUT2D eigenvalue weighted by Crippen LogP contribution is -2.31. The number of halogens is 4. The molecular formula is C44H42F4N10O2. The summed E-state index contributed by atoms with van der Waals surface area (Å²) in [5, 5.41) is 0. The monoisotopic (exact) mass is 818 g/mol. The number of hydrogen-bond acceptors (Lipinski definition) is 10. The zero-order valence-corrected chi connectivity index (χ0v) is 32.5. The molecule has 2 aliphatic heterocycles. The van der Waals surface area contributed by atoms with E-state index in [1.165, 1.54) is 24.3 Å². The second-order valence-corrected chi connectivity index (χ2v) is 14.8. The third kappa shape index (κ3) is 10.4. The standard InChI is InChI=1S/2C22H21F2N5O/c2*23-15-2-3-16(17(24)11-15)19-5-4-18(25)20(28-19)12-22(30)29-9-6-14(13-29)10-21-26-7-1-8-27-21/h2*1-5,7-8,11,14H,6,9-10,12-13,25H2/t2*14-/m10/s1. The normalized spacial score (nSPS) is 16.1. The molecule has 8 rings (SSSR count). The highest BCUT2D eigenvalue weighted by Gasteiger charge is 2.29. The number of carbonyl (C=O) groups is 2. The van der Waals surface area contributed by atoms with Crippen molar-refractivity contribution in [2.24, 2.45) is 11.8 Å². The molecule has 60 heavy (non-hydrogen) atoms. The molecule has 0 unspecified atom stereocenters. The summed E-state index contributed by atoms with van der Waals surface area (Å²) < 4.78 is 54.6. The second-order valence-electron chi connectivity index (χ2n) is 14.8. The van der Waals surface area contributed by atoms with Gasteiger partial charge in [0.2, 0.25) is 11.8 Å². The van der Waals surface area contributed by atoms with Crippen LogP contribution >= 0.6 is 0 Å². The van der Waals surface area contributed by atoms with Crippen molar-refractivity contribution in [3.63, 3.8) is 0 Å². The lowest BCUT2D eigenvalue weighted by Gasteiger charge is -2.17. The van der Waals surface area contributed by atoms with E-state index < -0.39 is 23.3 Å². The van der Waals surface area contributed by atoms with E-state index in [2.05, 4.69) is 29.9 Å². The molecule has 12 nitrogen and oxygen atoms in total. The third-order valence-corrected chi connectivity index (χ3v) is 10.5. The molecule has 4 N–H and O–H groups in total. The highest BCUT2D eigenvalue weighted by molar-refractivity contribution is 5.81. The Balaban J connectivity index is 0.000000181. The average Bonchev–Trinajstić information content (AvgIpc) is 3.91. The summed E-state index contributed by atoms with van der Waals surface area (Å²) >= 11 is 0. The van der Waals surface area contributed by atoms with E-state index in [0.717, 1.165) is 49.5 Å². The Morgan fingerprint density at radius 3 is 1.37 bits per heavy atom. The van der Waals surface area contributed by atoms with E-state index in [1.54, 1.807) is 71.0 Å². The minimum atomic E-state index is -0.713. The molecule has 0 saturated carbocycles. The van der Waals surface area contributed by atoms with Gasteiger partial charge in [-0.3, -0.25) is 19.6 Å². The van der Waals surface area contributed by atoms with Gasteiger partial charge >= 0.3 is 0 Å². The van der Waals surface area contributed by atoms with Crippen LogP contribution in [-0.2, 0) is 35.3 Å². The molecule has 2 amide bonds. The molecule has 2 aliphatic rings. The third-order valence-electron chi connectivity index (χ3n) is 10.5. The van der Waals surface area contributed by atoms with Gasteiger partial charge < -0.3 is 21.3 Å². The number of carbonyl (C=O) groups excluding carboxylic acids is 2. The van der Waals surface area contributed by atoms with E-state index in [1.807, 2.05) is 0 Å². The number of benzene rings is 2. The minimum Gasteiger partial charge on any atom is -0.397 e. The van der Waals surface area contributed by atoms with Gasteiger partial charge in [-0.2, -0.15) is 0 Å². The Morgan fingerprint density at radius 2 is 0.983 bits per heavy atom. The molecular weight excluding hydrogens is 777 g/mol. The number of pyridine rings is 2. The fourth-order valence-electron chi connectivity index (χ4n) is 7.35. The van der Waals surface area contributed by atoms with Gasteiger partial charge in [-0.15, -0.1) is 0 Å². The number of rotatable bonds is 10. The Labute approximate surface area is 343 Å². The van der Waals surface area contributed by atoms with Crippen LogP contribution in [-0.4, -0.2) is 77.7 Å². The predicted molar refractivity (Wildman–Crippen MR) is 216 cm³/mol. The molecule has 2 saturated heterocycles. The van der Waals surface area contributed by atoms with Crippen LogP contribution in [0.15, 0.2) is 97.6 Å². The quantitative estimate of drug-likeness (QED) is 0.155. The molecule has 2 aromatic carbocycles. The maximum absolute atomic E-state index is 14.1. The first-order valence-corrected chi connectivity index (χ1v) is 19.5. The molecule has 0 bridgehead atoms. The molecule has 0 spiro atoms. The summed E-state index contributed by atoms with van der Waals surface area (Å²) in [6.45, 7) is 2.57. The number of amides is 2. The van der Waals surface area contributed by atoms with E-state index in [-0.39, 0.29) is 35.8 Å². The molecule has 0 radical (unpaired) electrons. The van der Waals surface area contributed by atoms with Crippen LogP contribution in [0.2, 0.25) is 0 Å². The van der Waals surface area contributed by atoms with Gasteiger partial charge in [0.25, 0.3) is 0 Å². The van der Waals surface area contributed by atoms with Crippen molar-refractivity contribution in [1.82, 2.24) is 39.7 Å². The Morgan fingerprint density at radius 1 is 0.583 bits per heavy atom. The van der Waals surface area contributed by atoms with Crippen molar-refractivity contribution in [1.29, 1.82) is 0 Å². The van der Waals surface area contributed by atoms with E-state index in [4.69, 9.17) is 11.5 Å². The Kier molecular flexibility index (Phi) is 13.0. The predicted octanol–water partition coefficient (Wildman–Crippen LogP) is 6.07. The number of hydrogen-bond donors (Lipinski definition) is 2. The number of anilines is 2. The Hall–Kier alpha value is -6.84. The number of nitrogen functional groups attached to an aromatic ring is 2. The minimum absolute atomic E-state index is 0.0248. The van der Waals surface area contributed by atoms with Gasteiger partial charge in [0.15, 0.2) is 0 Å². The van der Waals surface area contributed by atoms with E-state index in [0.29, 0.717) is 72.2 Å². The van der Waals surface area contributed by atoms with Gasteiger partial charge in [-0.25, -0.2) is 37.5 Å². The second kappa shape index (κ2) is 18.8. The van der Waals surface area contributed by atoms with Crippen LogP contribution in [0.5, 0.6) is 0 Å². The van der Waals surface area contributed by atoms with E-state index in [9.17, 15) is 27.2 Å². The summed E-state index contributed by atoms with van der Waals surface area (Å²) in [7, 11) is 0. The van der Waals surface area contributed by atoms with Crippen LogP contribution in [0.3, 0.4) is 0 Å².